The third kappa shape index (κ3) is 2.79. The van der Waals surface area contributed by atoms with E-state index in [1.165, 1.54) is 5.69 Å². The molecule has 2 heterocycles. The van der Waals surface area contributed by atoms with Crippen molar-refractivity contribution in [2.75, 3.05) is 5.32 Å². The van der Waals surface area contributed by atoms with E-state index in [-0.39, 0.29) is 0 Å². The van der Waals surface area contributed by atoms with Gasteiger partial charge in [0.1, 0.15) is 6.33 Å². The Morgan fingerprint density at radius 1 is 1.14 bits per heavy atom. The van der Waals surface area contributed by atoms with Gasteiger partial charge in [-0.2, -0.15) is 0 Å². The Morgan fingerprint density at radius 2 is 1.95 bits per heavy atom. The number of rotatable bonds is 5. The molecule has 6 heteroatoms. The smallest absolute Gasteiger partial charge is 0.163 e. The Hall–Kier alpha value is -2.63. The molecule has 0 aliphatic heterocycles. The van der Waals surface area contributed by atoms with Crippen LogP contribution in [0, 0.1) is 0 Å². The van der Waals surface area contributed by atoms with Crippen LogP contribution in [0.4, 0.5) is 5.69 Å². The van der Waals surface area contributed by atoms with Crippen LogP contribution in [0.3, 0.4) is 0 Å². The topological polar surface area (TPSA) is 60.6 Å². The summed E-state index contributed by atoms with van der Waals surface area (Å²) in [6, 6.07) is 8.19. The number of hydrogen-bond donors (Lipinski definition) is 1. The highest BCUT2D eigenvalue weighted by Gasteiger charge is 2.04. The Labute approximate surface area is 123 Å². The van der Waals surface area contributed by atoms with Gasteiger partial charge >= 0.3 is 0 Å². The lowest BCUT2D eigenvalue weighted by molar-refractivity contribution is 0.719. The van der Waals surface area contributed by atoms with Gasteiger partial charge in [-0.05, 0) is 31.2 Å². The maximum absolute atomic E-state index is 4.17. The molecule has 0 saturated heterocycles. The number of hydrogen-bond acceptors (Lipinski definition) is 4. The molecule has 0 saturated carbocycles. The Bertz CT molecular complexity index is 710. The fraction of sp³-hybridized carbons (Fsp3) is 0.267. The minimum Gasteiger partial charge on any atom is -0.379 e. The number of imidazole rings is 1. The zero-order valence-electron chi connectivity index (χ0n) is 12.2. The van der Waals surface area contributed by atoms with Crippen LogP contribution in [0.2, 0.25) is 0 Å². The summed E-state index contributed by atoms with van der Waals surface area (Å²) in [4.78, 5) is 4.17. The second-order valence-electron chi connectivity index (χ2n) is 4.87. The monoisotopic (exact) mass is 282 g/mol. The van der Waals surface area contributed by atoms with Crippen molar-refractivity contribution in [1.29, 1.82) is 0 Å². The first-order valence-corrected chi connectivity index (χ1v) is 6.95. The molecule has 1 aromatic carbocycles. The molecule has 3 rings (SSSR count). The Morgan fingerprint density at radius 3 is 2.62 bits per heavy atom. The van der Waals surface area contributed by atoms with Gasteiger partial charge in [-0.1, -0.05) is 0 Å². The summed E-state index contributed by atoms with van der Waals surface area (Å²) in [7, 11) is 1.94. The number of nitrogens with zero attached hydrogens (tertiary/aromatic N) is 5. The van der Waals surface area contributed by atoms with Gasteiger partial charge in [0.15, 0.2) is 5.82 Å². The molecular formula is C15H18N6. The summed E-state index contributed by atoms with van der Waals surface area (Å²) in [5.41, 5.74) is 3.30. The predicted octanol–water partition coefficient (Wildman–Crippen LogP) is 2.31. The molecular weight excluding hydrogens is 264 g/mol. The van der Waals surface area contributed by atoms with Crippen LogP contribution >= 0.6 is 0 Å². The van der Waals surface area contributed by atoms with Crippen molar-refractivity contribution in [3.05, 3.63) is 48.8 Å². The second kappa shape index (κ2) is 5.78. The van der Waals surface area contributed by atoms with Crippen LogP contribution in [-0.4, -0.2) is 24.3 Å². The van der Waals surface area contributed by atoms with Crippen molar-refractivity contribution in [1.82, 2.24) is 24.3 Å². The van der Waals surface area contributed by atoms with Crippen LogP contribution in [0.5, 0.6) is 0 Å². The number of nitrogens with one attached hydrogen (secondary N) is 1. The van der Waals surface area contributed by atoms with Gasteiger partial charge in [0, 0.05) is 31.0 Å². The minimum atomic E-state index is 0.761. The zero-order valence-corrected chi connectivity index (χ0v) is 12.2. The molecule has 0 atom stereocenters. The molecule has 0 bridgehead atoms. The Kier molecular flexibility index (Phi) is 3.68. The first kappa shape index (κ1) is 13.4. The molecule has 2 aromatic heterocycles. The van der Waals surface area contributed by atoms with Crippen LogP contribution < -0.4 is 5.32 Å². The molecule has 0 aliphatic rings. The van der Waals surface area contributed by atoms with E-state index < -0.39 is 0 Å². The number of aromatic nitrogens is 5. The summed E-state index contributed by atoms with van der Waals surface area (Å²) in [6.07, 6.45) is 5.45. The predicted molar refractivity (Wildman–Crippen MR) is 81.7 cm³/mol. The zero-order chi connectivity index (χ0) is 14.7. The van der Waals surface area contributed by atoms with Crippen molar-refractivity contribution in [3.63, 3.8) is 0 Å². The van der Waals surface area contributed by atoms with Gasteiger partial charge in [0.05, 0.1) is 18.6 Å². The van der Waals surface area contributed by atoms with Crippen LogP contribution in [0.25, 0.3) is 11.4 Å². The molecule has 0 spiro atoms. The van der Waals surface area contributed by atoms with E-state index in [0.29, 0.717) is 0 Å². The third-order valence-corrected chi connectivity index (χ3v) is 3.47. The van der Waals surface area contributed by atoms with Gasteiger partial charge in [-0.15, -0.1) is 10.2 Å². The number of anilines is 1. The number of benzene rings is 1. The summed E-state index contributed by atoms with van der Waals surface area (Å²) in [5.74, 6) is 0.866. The molecule has 6 nitrogen and oxygen atoms in total. The maximum atomic E-state index is 4.17. The highest BCUT2D eigenvalue weighted by atomic mass is 15.2. The maximum Gasteiger partial charge on any atom is 0.163 e. The second-order valence-corrected chi connectivity index (χ2v) is 4.87. The van der Waals surface area contributed by atoms with Gasteiger partial charge in [0.25, 0.3) is 0 Å². The molecule has 1 N–H and O–H groups in total. The molecule has 3 aromatic rings. The fourth-order valence-electron chi connectivity index (χ4n) is 2.25. The summed E-state index contributed by atoms with van der Waals surface area (Å²) in [5, 5.41) is 11.4. The molecule has 0 unspecified atom stereocenters. The van der Waals surface area contributed by atoms with Crippen LogP contribution in [0.15, 0.2) is 43.1 Å². The van der Waals surface area contributed by atoms with E-state index in [9.17, 15) is 0 Å². The van der Waals surface area contributed by atoms with E-state index in [0.717, 1.165) is 30.2 Å². The first-order chi connectivity index (χ1) is 10.3. The van der Waals surface area contributed by atoms with E-state index in [2.05, 4.69) is 44.1 Å². The summed E-state index contributed by atoms with van der Waals surface area (Å²) >= 11 is 0. The summed E-state index contributed by atoms with van der Waals surface area (Å²) in [6.45, 7) is 3.81. The molecule has 0 amide bonds. The lowest BCUT2D eigenvalue weighted by Gasteiger charge is -2.09. The first-order valence-electron chi connectivity index (χ1n) is 6.95. The lowest BCUT2D eigenvalue weighted by Crippen LogP contribution is -2.05. The van der Waals surface area contributed by atoms with Gasteiger partial charge < -0.3 is 14.5 Å². The molecule has 108 valence electrons. The molecule has 21 heavy (non-hydrogen) atoms. The quantitative estimate of drug-likeness (QED) is 0.780. The van der Waals surface area contributed by atoms with Crippen molar-refractivity contribution in [2.45, 2.75) is 20.0 Å². The van der Waals surface area contributed by atoms with E-state index in [1.807, 2.05) is 36.3 Å². The SMILES string of the molecule is CCn1cncc1CNc1ccc(-c2nncn2C)cc1. The van der Waals surface area contributed by atoms with E-state index in [4.69, 9.17) is 0 Å². The molecule has 0 radical (unpaired) electrons. The van der Waals surface area contributed by atoms with Gasteiger partial charge in [0.2, 0.25) is 0 Å². The minimum absolute atomic E-state index is 0.761. The average molecular weight is 282 g/mol. The van der Waals surface area contributed by atoms with Crippen molar-refractivity contribution in [2.24, 2.45) is 7.05 Å². The normalized spacial score (nSPS) is 10.8. The Balaban J connectivity index is 1.69. The molecule has 0 fully saturated rings. The number of aryl methyl sites for hydroxylation is 2. The standard InChI is InChI=1S/C15H18N6/c1-3-21-10-16-8-14(21)9-17-13-6-4-12(5-7-13)15-19-18-11-20(15)2/h4-8,10-11,17H,3,9H2,1-2H3. The van der Waals surface area contributed by atoms with E-state index in [1.54, 1.807) is 6.33 Å². The molecule has 0 aliphatic carbocycles. The van der Waals surface area contributed by atoms with Crippen LogP contribution in [0.1, 0.15) is 12.6 Å². The largest absolute Gasteiger partial charge is 0.379 e. The average Bonchev–Trinajstić information content (AvgIpc) is 3.14. The van der Waals surface area contributed by atoms with Crippen molar-refractivity contribution < 1.29 is 0 Å². The van der Waals surface area contributed by atoms with Gasteiger partial charge in [-0.3, -0.25) is 0 Å². The third-order valence-electron chi connectivity index (χ3n) is 3.47. The van der Waals surface area contributed by atoms with E-state index >= 15 is 0 Å². The highest BCUT2D eigenvalue weighted by Crippen LogP contribution is 2.19. The highest BCUT2D eigenvalue weighted by molar-refractivity contribution is 5.59. The van der Waals surface area contributed by atoms with Crippen molar-refractivity contribution in [3.8, 4) is 11.4 Å². The van der Waals surface area contributed by atoms with Crippen molar-refractivity contribution >= 4 is 5.69 Å². The van der Waals surface area contributed by atoms with Crippen LogP contribution in [-0.2, 0) is 20.1 Å². The fourth-order valence-corrected chi connectivity index (χ4v) is 2.25. The lowest BCUT2D eigenvalue weighted by atomic mass is 10.2. The van der Waals surface area contributed by atoms with Gasteiger partial charge in [-0.25, -0.2) is 4.98 Å². The summed E-state index contributed by atoms with van der Waals surface area (Å²) < 4.78 is 4.03.